The van der Waals surface area contributed by atoms with Crippen LogP contribution in [0.1, 0.15) is 17.1 Å². The molecule has 2 heterocycles. The summed E-state index contributed by atoms with van der Waals surface area (Å²) in [5.41, 5.74) is 0.207. The molecule has 1 aromatic rings. The van der Waals surface area contributed by atoms with Crippen LogP contribution in [0.5, 0.6) is 0 Å². The fourth-order valence-electron chi connectivity index (χ4n) is 1.76. The molecule has 4 nitrogen and oxygen atoms in total. The van der Waals surface area contributed by atoms with Crippen molar-refractivity contribution in [1.82, 2.24) is 4.98 Å². The molecule has 1 N–H and O–H groups in total. The molecule has 1 saturated heterocycles. The second kappa shape index (κ2) is 3.90. The lowest BCUT2D eigenvalue weighted by atomic mass is 9.84. The highest BCUT2D eigenvalue weighted by Crippen LogP contribution is 2.33. The molecule has 0 bridgehead atoms. The van der Waals surface area contributed by atoms with Gasteiger partial charge in [0.2, 0.25) is 0 Å². The van der Waals surface area contributed by atoms with Crippen LogP contribution in [0.4, 0.5) is 0 Å². The number of aryl methyl sites for hydroxylation is 1. The number of aromatic nitrogens is 1. The second-order valence-electron chi connectivity index (χ2n) is 3.95. The van der Waals surface area contributed by atoms with Gasteiger partial charge in [-0.2, -0.15) is 0 Å². The second-order valence-corrected chi connectivity index (χ2v) is 4.89. The summed E-state index contributed by atoms with van der Waals surface area (Å²) in [6.45, 7) is 2.76. The third kappa shape index (κ3) is 2.03. The van der Waals surface area contributed by atoms with Gasteiger partial charge in [0.05, 0.1) is 17.0 Å². The van der Waals surface area contributed by atoms with Crippen molar-refractivity contribution in [2.24, 2.45) is 5.41 Å². The van der Waals surface area contributed by atoms with E-state index in [-0.39, 0.29) is 0 Å². The lowest BCUT2D eigenvalue weighted by Crippen LogP contribution is -2.33. The van der Waals surface area contributed by atoms with Crippen LogP contribution >= 0.6 is 11.3 Å². The Labute approximate surface area is 91.9 Å². The Morgan fingerprint density at radius 1 is 1.80 bits per heavy atom. The number of carboxylic acids is 1. The van der Waals surface area contributed by atoms with E-state index in [4.69, 9.17) is 4.74 Å². The number of hydrogen-bond donors (Lipinski definition) is 1. The third-order valence-corrected chi connectivity index (χ3v) is 3.68. The van der Waals surface area contributed by atoms with Gasteiger partial charge in [0.25, 0.3) is 0 Å². The number of aliphatic carboxylic acids is 1. The molecule has 0 amide bonds. The van der Waals surface area contributed by atoms with Gasteiger partial charge in [-0.15, -0.1) is 11.3 Å². The maximum Gasteiger partial charge on any atom is 0.312 e. The first kappa shape index (κ1) is 10.6. The average Bonchev–Trinajstić information content (AvgIpc) is 2.77. The molecule has 82 valence electrons. The topological polar surface area (TPSA) is 59.4 Å². The standard InChI is InChI=1S/C10H13NO3S/c1-7-5-15-8(11-7)4-10(9(12)13)2-3-14-6-10/h5H,2-4,6H2,1H3,(H,12,13). The molecule has 0 aliphatic carbocycles. The number of nitrogens with zero attached hydrogens (tertiary/aromatic N) is 1. The molecule has 1 unspecified atom stereocenters. The zero-order valence-electron chi connectivity index (χ0n) is 8.52. The quantitative estimate of drug-likeness (QED) is 0.849. The molecule has 0 saturated carbocycles. The number of hydrogen-bond acceptors (Lipinski definition) is 4. The van der Waals surface area contributed by atoms with Crippen LogP contribution in [0.3, 0.4) is 0 Å². The van der Waals surface area contributed by atoms with E-state index in [1.165, 1.54) is 11.3 Å². The van der Waals surface area contributed by atoms with Crippen LogP contribution in [-0.2, 0) is 16.0 Å². The molecule has 15 heavy (non-hydrogen) atoms. The Balaban J connectivity index is 2.17. The molecule has 1 aromatic heterocycles. The van der Waals surface area contributed by atoms with Crippen molar-refractivity contribution in [2.75, 3.05) is 13.2 Å². The van der Waals surface area contributed by atoms with Crippen LogP contribution < -0.4 is 0 Å². The number of carbonyl (C=O) groups is 1. The largest absolute Gasteiger partial charge is 0.481 e. The predicted octanol–water partition coefficient (Wildman–Crippen LogP) is 1.49. The highest BCUT2D eigenvalue weighted by molar-refractivity contribution is 7.09. The van der Waals surface area contributed by atoms with Gasteiger partial charge in [0.1, 0.15) is 0 Å². The highest BCUT2D eigenvalue weighted by Gasteiger charge is 2.43. The van der Waals surface area contributed by atoms with E-state index in [2.05, 4.69) is 4.98 Å². The summed E-state index contributed by atoms with van der Waals surface area (Å²) in [5.74, 6) is -0.771. The van der Waals surface area contributed by atoms with Gasteiger partial charge in [0, 0.05) is 24.1 Å². The van der Waals surface area contributed by atoms with Gasteiger partial charge in [0.15, 0.2) is 0 Å². The predicted molar refractivity (Wildman–Crippen MR) is 56.1 cm³/mol. The van der Waals surface area contributed by atoms with Crippen LogP contribution in [0.15, 0.2) is 5.38 Å². The average molecular weight is 227 g/mol. The van der Waals surface area contributed by atoms with Crippen LogP contribution in [-0.4, -0.2) is 29.3 Å². The first-order valence-corrected chi connectivity index (χ1v) is 5.72. The molecule has 1 aliphatic rings. The normalized spacial score (nSPS) is 25.7. The minimum absolute atomic E-state index is 0.307. The lowest BCUT2D eigenvalue weighted by molar-refractivity contribution is -0.148. The zero-order valence-corrected chi connectivity index (χ0v) is 9.34. The van der Waals surface area contributed by atoms with Crippen molar-refractivity contribution >= 4 is 17.3 Å². The summed E-state index contributed by atoms with van der Waals surface area (Å²) in [7, 11) is 0. The van der Waals surface area contributed by atoms with Gasteiger partial charge < -0.3 is 9.84 Å². The highest BCUT2D eigenvalue weighted by atomic mass is 32.1. The van der Waals surface area contributed by atoms with Crippen LogP contribution in [0, 0.1) is 12.3 Å². The Hall–Kier alpha value is -0.940. The van der Waals surface area contributed by atoms with Crippen LogP contribution in [0.2, 0.25) is 0 Å². The first-order chi connectivity index (χ1) is 7.12. The van der Waals surface area contributed by atoms with Crippen molar-refractivity contribution in [2.45, 2.75) is 19.8 Å². The monoisotopic (exact) mass is 227 g/mol. The van der Waals surface area contributed by atoms with Crippen LogP contribution in [0.25, 0.3) is 0 Å². The summed E-state index contributed by atoms with van der Waals surface area (Å²) in [6.07, 6.45) is 1.07. The Morgan fingerprint density at radius 3 is 3.07 bits per heavy atom. The SMILES string of the molecule is Cc1csc(CC2(C(=O)O)CCOC2)n1. The third-order valence-electron chi connectivity index (χ3n) is 2.71. The number of ether oxygens (including phenoxy) is 1. The van der Waals surface area contributed by atoms with Crippen molar-refractivity contribution in [3.8, 4) is 0 Å². The molecule has 1 aliphatic heterocycles. The van der Waals surface area contributed by atoms with Gasteiger partial charge in [-0.05, 0) is 13.3 Å². The number of thiazole rings is 1. The lowest BCUT2D eigenvalue weighted by Gasteiger charge is -2.20. The van der Waals surface area contributed by atoms with Crippen molar-refractivity contribution < 1.29 is 14.6 Å². The van der Waals surface area contributed by atoms with Crippen molar-refractivity contribution in [1.29, 1.82) is 0 Å². The summed E-state index contributed by atoms with van der Waals surface area (Å²) < 4.78 is 5.20. The number of carboxylic acid groups (broad SMARTS) is 1. The van der Waals surface area contributed by atoms with Gasteiger partial charge in [-0.25, -0.2) is 4.98 Å². The maximum atomic E-state index is 11.2. The fourth-order valence-corrected chi connectivity index (χ4v) is 2.68. The van der Waals surface area contributed by atoms with E-state index in [0.29, 0.717) is 26.1 Å². The summed E-state index contributed by atoms with van der Waals surface area (Å²) in [6, 6.07) is 0. The van der Waals surface area contributed by atoms with E-state index in [1.54, 1.807) is 0 Å². The van der Waals surface area contributed by atoms with E-state index < -0.39 is 11.4 Å². The molecular weight excluding hydrogens is 214 g/mol. The molecule has 0 aromatic carbocycles. The molecule has 1 atom stereocenters. The smallest absolute Gasteiger partial charge is 0.312 e. The first-order valence-electron chi connectivity index (χ1n) is 4.85. The zero-order chi connectivity index (χ0) is 10.9. The Kier molecular flexibility index (Phi) is 2.75. The Morgan fingerprint density at radius 2 is 2.60 bits per heavy atom. The fraction of sp³-hybridized carbons (Fsp3) is 0.600. The molecular formula is C10H13NO3S. The summed E-state index contributed by atoms with van der Waals surface area (Å²) in [4.78, 5) is 15.5. The summed E-state index contributed by atoms with van der Waals surface area (Å²) in [5, 5.41) is 12.1. The van der Waals surface area contributed by atoms with Gasteiger partial charge in [-0.1, -0.05) is 0 Å². The van der Waals surface area contributed by atoms with E-state index in [1.807, 2.05) is 12.3 Å². The van der Waals surface area contributed by atoms with E-state index in [0.717, 1.165) is 10.7 Å². The van der Waals surface area contributed by atoms with Gasteiger partial charge >= 0.3 is 5.97 Å². The Bertz CT molecular complexity index is 368. The maximum absolute atomic E-state index is 11.2. The molecule has 1 fully saturated rings. The number of rotatable bonds is 3. The molecule has 0 spiro atoms. The van der Waals surface area contributed by atoms with Gasteiger partial charge in [-0.3, -0.25) is 4.79 Å². The minimum Gasteiger partial charge on any atom is -0.481 e. The van der Waals surface area contributed by atoms with E-state index in [9.17, 15) is 9.90 Å². The molecule has 2 rings (SSSR count). The van der Waals surface area contributed by atoms with Crippen molar-refractivity contribution in [3.63, 3.8) is 0 Å². The summed E-state index contributed by atoms with van der Waals surface area (Å²) >= 11 is 1.52. The van der Waals surface area contributed by atoms with E-state index >= 15 is 0 Å². The minimum atomic E-state index is -0.771. The molecule has 5 heteroatoms. The molecule has 0 radical (unpaired) electrons. The van der Waals surface area contributed by atoms with Crippen molar-refractivity contribution in [3.05, 3.63) is 16.1 Å².